The van der Waals surface area contributed by atoms with Crippen molar-refractivity contribution in [2.24, 2.45) is 5.11 Å². The van der Waals surface area contributed by atoms with E-state index in [9.17, 15) is 5.21 Å². The number of rotatable bonds is 0. The first-order chi connectivity index (χ1) is 21.3. The molecule has 6 aromatic carbocycles. The molecule has 0 atom stereocenters. The Hall–Kier alpha value is -4.46. The number of fused-ring (bicyclic) bond motifs is 9. The van der Waals surface area contributed by atoms with E-state index in [1.807, 2.05) is 48.5 Å². The molecule has 0 saturated heterocycles. The summed E-state index contributed by atoms with van der Waals surface area (Å²) in [5.74, 6) is 2.96. The number of nitrogens with zero attached hydrogens (tertiary/aromatic N) is 2. The van der Waals surface area contributed by atoms with E-state index in [2.05, 4.69) is 77.9 Å². The van der Waals surface area contributed by atoms with Crippen molar-refractivity contribution in [3.8, 4) is 22.6 Å². The molecule has 0 aliphatic carbocycles. The average Bonchev–Trinajstić information content (AvgIpc) is 3.05. The summed E-state index contributed by atoms with van der Waals surface area (Å²) in [6.45, 7) is 0.937. The molecule has 5 nitrogen and oxygen atoms in total. The highest BCUT2D eigenvalue weighted by molar-refractivity contribution is 7.99. The zero-order valence-electron chi connectivity index (χ0n) is 23.3. The van der Waals surface area contributed by atoms with Crippen LogP contribution in [-0.4, -0.2) is 29.6 Å². The normalized spacial score (nSPS) is 14.1. The Kier molecular flexibility index (Phi) is 7.90. The minimum absolute atomic E-state index is 0.459. The first-order valence-electron chi connectivity index (χ1n) is 14.2. The van der Waals surface area contributed by atoms with Crippen molar-refractivity contribution in [3.63, 3.8) is 0 Å². The Morgan fingerprint density at radius 2 is 1.07 bits per heavy atom. The number of azo groups is 1. The molecule has 1 aliphatic rings. The molecular formula is C36H28N2O3S2. The fourth-order valence-electron chi connectivity index (χ4n) is 5.42. The maximum Gasteiger partial charge on any atom is 0.258 e. The minimum Gasteiger partial charge on any atom is -0.594 e. The van der Waals surface area contributed by atoms with Crippen LogP contribution in [0, 0.1) is 5.21 Å². The smallest absolute Gasteiger partial charge is 0.258 e. The molecule has 0 fully saturated rings. The van der Waals surface area contributed by atoms with Gasteiger partial charge >= 0.3 is 0 Å². The largest absolute Gasteiger partial charge is 0.594 e. The molecule has 0 N–H and O–H groups in total. The number of benzene rings is 6. The van der Waals surface area contributed by atoms with Gasteiger partial charge in [-0.3, -0.25) is 0 Å². The van der Waals surface area contributed by atoms with Gasteiger partial charge in [0, 0.05) is 38.7 Å². The highest BCUT2D eigenvalue weighted by Crippen LogP contribution is 2.46. The number of thioether (sulfide) groups is 2. The third-order valence-electron chi connectivity index (χ3n) is 7.36. The van der Waals surface area contributed by atoms with Crippen molar-refractivity contribution >= 4 is 56.4 Å². The molecule has 0 amide bonds. The van der Waals surface area contributed by atoms with E-state index in [4.69, 9.17) is 9.47 Å². The van der Waals surface area contributed by atoms with E-state index in [1.54, 1.807) is 23.5 Å². The summed E-state index contributed by atoms with van der Waals surface area (Å²) in [7, 11) is 0. The first-order valence-corrected chi connectivity index (χ1v) is 16.2. The summed E-state index contributed by atoms with van der Waals surface area (Å²) >= 11 is 3.21. The second-order valence-corrected chi connectivity index (χ2v) is 12.3. The van der Waals surface area contributed by atoms with Crippen LogP contribution in [0.3, 0.4) is 0 Å². The summed E-state index contributed by atoms with van der Waals surface area (Å²) in [6, 6.07) is 40.5. The quantitative estimate of drug-likeness (QED) is 0.128. The molecule has 43 heavy (non-hydrogen) atoms. The summed E-state index contributed by atoms with van der Waals surface area (Å²) in [5, 5.41) is 22.2. The maximum atomic E-state index is 13.3. The molecule has 1 aliphatic heterocycles. The Labute approximate surface area is 258 Å². The lowest BCUT2D eigenvalue weighted by molar-refractivity contribution is -0.438. The fraction of sp³-hybridized carbons (Fsp3) is 0.111. The van der Waals surface area contributed by atoms with Crippen LogP contribution in [0.4, 0.5) is 11.4 Å². The van der Waals surface area contributed by atoms with Crippen molar-refractivity contribution in [2.75, 3.05) is 24.7 Å². The molecule has 212 valence electrons. The van der Waals surface area contributed by atoms with Gasteiger partial charge in [-0.25, -0.2) is 0 Å². The lowest BCUT2D eigenvalue weighted by atomic mass is 9.92. The summed E-state index contributed by atoms with van der Waals surface area (Å²) in [4.78, 5) is 2.52. The van der Waals surface area contributed by atoms with Gasteiger partial charge in [0.05, 0.1) is 18.1 Å². The highest BCUT2D eigenvalue weighted by Gasteiger charge is 2.20. The van der Waals surface area contributed by atoms with Gasteiger partial charge in [-0.1, -0.05) is 84.9 Å². The Morgan fingerprint density at radius 1 is 0.558 bits per heavy atom. The van der Waals surface area contributed by atoms with E-state index >= 15 is 0 Å². The molecule has 7 rings (SSSR count). The summed E-state index contributed by atoms with van der Waals surface area (Å²) in [6.07, 6.45) is 0. The number of para-hydroxylation sites is 1. The zero-order chi connectivity index (χ0) is 29.0. The predicted molar refractivity (Wildman–Crippen MR) is 178 cm³/mol. The van der Waals surface area contributed by atoms with Crippen LogP contribution in [0.2, 0.25) is 0 Å². The lowest BCUT2D eigenvalue weighted by Crippen LogP contribution is -2.05. The molecule has 0 radical (unpaired) electrons. The van der Waals surface area contributed by atoms with Crippen molar-refractivity contribution < 1.29 is 14.3 Å². The van der Waals surface area contributed by atoms with E-state index in [-0.39, 0.29) is 0 Å². The third kappa shape index (κ3) is 5.66. The molecule has 0 bridgehead atoms. The molecular weight excluding hydrogens is 573 g/mol. The van der Waals surface area contributed by atoms with Crippen LogP contribution < -0.4 is 9.47 Å². The fourth-order valence-corrected chi connectivity index (χ4v) is 7.09. The molecule has 0 spiro atoms. The third-order valence-corrected chi connectivity index (χ3v) is 9.42. The minimum atomic E-state index is 0.459. The summed E-state index contributed by atoms with van der Waals surface area (Å²) in [5.41, 5.74) is 3.22. The lowest BCUT2D eigenvalue weighted by Gasteiger charge is -2.20. The van der Waals surface area contributed by atoms with Gasteiger partial charge in [0.15, 0.2) is 0 Å². The second-order valence-electron chi connectivity index (χ2n) is 10.0. The molecule has 0 aromatic heterocycles. The molecule has 0 unspecified atom stereocenters. The van der Waals surface area contributed by atoms with E-state index < -0.39 is 0 Å². The van der Waals surface area contributed by atoms with E-state index in [0.29, 0.717) is 36.1 Å². The van der Waals surface area contributed by atoms with Crippen molar-refractivity contribution in [3.05, 3.63) is 127 Å². The van der Waals surface area contributed by atoms with Crippen LogP contribution in [-0.2, 0) is 0 Å². The van der Waals surface area contributed by atoms with E-state index in [0.717, 1.165) is 58.8 Å². The van der Waals surface area contributed by atoms with Crippen molar-refractivity contribution in [1.29, 1.82) is 0 Å². The van der Waals surface area contributed by atoms with Gasteiger partial charge in [-0.2, -0.15) is 0 Å². The molecule has 6 aromatic rings. The van der Waals surface area contributed by atoms with Crippen LogP contribution in [0.1, 0.15) is 0 Å². The standard InChI is InChI=1S/C36H28N2O3S2/c39-38-30-14-6-8-16-34(30)43-24-22-41-32-20-18-26-10-2-4-12-28(26)36(32)35-27-11-3-1-9-25(27)17-19-31(35)40-21-23-42-33-15-7-5-13-29(33)37-38/h1-20H,21-24H2. The zero-order valence-corrected chi connectivity index (χ0v) is 24.9. The number of hydrogen-bond donors (Lipinski definition) is 0. The molecule has 7 heteroatoms. The van der Waals surface area contributed by atoms with Crippen LogP contribution >= 0.6 is 23.5 Å². The SMILES string of the molecule is [O-][N+]1=Nc2ccccc2SCCOc2ccc3ccccc3c2-c2c(ccc3ccccc23)OCCSc2ccccc21. The molecule has 1 heterocycles. The molecule has 0 saturated carbocycles. The Bertz CT molecular complexity index is 1970. The predicted octanol–water partition coefficient (Wildman–Crippen LogP) is 10.2. The van der Waals surface area contributed by atoms with Crippen LogP contribution in [0.25, 0.3) is 32.7 Å². The maximum absolute atomic E-state index is 13.3. The highest BCUT2D eigenvalue weighted by atomic mass is 32.2. The van der Waals surface area contributed by atoms with Gasteiger partial charge in [0.25, 0.3) is 5.69 Å². The summed E-state index contributed by atoms with van der Waals surface area (Å²) < 4.78 is 13.1. The van der Waals surface area contributed by atoms with Gasteiger partial charge in [-0.15, -0.1) is 23.5 Å². The number of ether oxygens (including phenoxy) is 2. The van der Waals surface area contributed by atoms with Gasteiger partial charge in [0.1, 0.15) is 17.2 Å². The van der Waals surface area contributed by atoms with Crippen LogP contribution in [0.5, 0.6) is 11.5 Å². The van der Waals surface area contributed by atoms with Crippen LogP contribution in [0.15, 0.2) is 136 Å². The van der Waals surface area contributed by atoms with Gasteiger partial charge < -0.3 is 14.7 Å². The average molecular weight is 601 g/mol. The Balaban J connectivity index is 1.36. The van der Waals surface area contributed by atoms with Crippen molar-refractivity contribution in [2.45, 2.75) is 9.79 Å². The topological polar surface area (TPSA) is 56.9 Å². The van der Waals surface area contributed by atoms with E-state index in [1.165, 1.54) is 0 Å². The van der Waals surface area contributed by atoms with Gasteiger partial charge in [-0.05, 0) is 56.7 Å². The first kappa shape index (κ1) is 27.4. The second kappa shape index (κ2) is 12.4. The number of hydrogen-bond acceptors (Lipinski definition) is 6. The van der Waals surface area contributed by atoms with Crippen molar-refractivity contribution in [1.82, 2.24) is 0 Å². The Morgan fingerprint density at radius 3 is 1.72 bits per heavy atom. The monoisotopic (exact) mass is 600 g/mol. The van der Waals surface area contributed by atoms with Gasteiger partial charge in [0.2, 0.25) is 0 Å².